The normalized spacial score (nSPS) is 10.0. The molecule has 0 saturated carbocycles. The van der Waals surface area contributed by atoms with Crippen molar-refractivity contribution in [3.63, 3.8) is 0 Å². The third-order valence-electron chi connectivity index (χ3n) is 2.30. The number of carbonyl (C=O) groups is 1. The van der Waals surface area contributed by atoms with E-state index in [1.807, 2.05) is 0 Å². The Balaban J connectivity index is 2.51. The quantitative estimate of drug-likeness (QED) is 0.741. The molecule has 1 aromatic heterocycles. The molecule has 0 radical (unpaired) electrons. The van der Waals surface area contributed by atoms with Crippen molar-refractivity contribution in [3.8, 4) is 11.4 Å². The van der Waals surface area contributed by atoms with E-state index in [0.29, 0.717) is 17.0 Å². The molecule has 0 saturated heterocycles. The lowest BCUT2D eigenvalue weighted by molar-refractivity contribution is 0.0600. The van der Waals surface area contributed by atoms with Crippen LogP contribution in [0.1, 0.15) is 10.4 Å². The predicted molar refractivity (Wildman–Crippen MR) is 59.3 cm³/mol. The zero-order valence-corrected chi connectivity index (χ0v) is 9.45. The van der Waals surface area contributed by atoms with Gasteiger partial charge in [0.15, 0.2) is 0 Å². The third kappa shape index (κ3) is 2.10. The second-order valence-electron chi connectivity index (χ2n) is 3.25. The highest BCUT2D eigenvalue weighted by Gasteiger charge is 2.11. The zero-order valence-electron chi connectivity index (χ0n) is 9.45. The monoisotopic (exact) mass is 233 g/mol. The molecule has 88 valence electrons. The average molecular weight is 233 g/mol. The Kier molecular flexibility index (Phi) is 3.04. The molecule has 0 N–H and O–H groups in total. The summed E-state index contributed by atoms with van der Waals surface area (Å²) in [5.74, 6) is 0.222. The number of methoxy groups -OCH3 is 2. The van der Waals surface area contributed by atoms with Gasteiger partial charge in [0, 0.05) is 0 Å². The van der Waals surface area contributed by atoms with Gasteiger partial charge in [0.05, 0.1) is 25.5 Å². The summed E-state index contributed by atoms with van der Waals surface area (Å²) in [4.78, 5) is 11.4. The van der Waals surface area contributed by atoms with E-state index in [2.05, 4.69) is 14.9 Å². The van der Waals surface area contributed by atoms with Crippen LogP contribution in [0.4, 0.5) is 0 Å². The van der Waals surface area contributed by atoms with Crippen LogP contribution in [0.3, 0.4) is 0 Å². The standard InChI is InChI=1S/C11H11N3O3/c1-16-10-4-3-8(11(15)17-2)5-9(10)14-6-12-13-7-14/h3-7H,1-2H3. The van der Waals surface area contributed by atoms with Crippen molar-refractivity contribution in [2.75, 3.05) is 14.2 Å². The molecule has 2 rings (SSSR count). The minimum Gasteiger partial charge on any atom is -0.495 e. The van der Waals surface area contributed by atoms with Gasteiger partial charge >= 0.3 is 5.97 Å². The van der Waals surface area contributed by atoms with E-state index in [9.17, 15) is 4.79 Å². The lowest BCUT2D eigenvalue weighted by atomic mass is 10.2. The fraction of sp³-hybridized carbons (Fsp3) is 0.182. The molecule has 0 amide bonds. The number of carbonyl (C=O) groups excluding carboxylic acids is 1. The van der Waals surface area contributed by atoms with Gasteiger partial charge in [0.1, 0.15) is 18.4 Å². The largest absolute Gasteiger partial charge is 0.495 e. The van der Waals surface area contributed by atoms with Crippen LogP contribution in [0.25, 0.3) is 5.69 Å². The first-order valence-corrected chi connectivity index (χ1v) is 4.87. The summed E-state index contributed by atoms with van der Waals surface area (Å²) in [6, 6.07) is 4.99. The summed E-state index contributed by atoms with van der Waals surface area (Å²) in [6.07, 6.45) is 3.05. The molecule has 0 aliphatic heterocycles. The lowest BCUT2D eigenvalue weighted by Gasteiger charge is -2.09. The first kappa shape index (κ1) is 11.1. The van der Waals surface area contributed by atoms with E-state index in [0.717, 1.165) is 0 Å². The first-order valence-electron chi connectivity index (χ1n) is 4.87. The van der Waals surface area contributed by atoms with Crippen LogP contribution in [-0.2, 0) is 4.74 Å². The van der Waals surface area contributed by atoms with E-state index in [4.69, 9.17) is 4.74 Å². The van der Waals surface area contributed by atoms with E-state index >= 15 is 0 Å². The Bertz CT molecular complexity index is 523. The van der Waals surface area contributed by atoms with Crippen LogP contribution in [0, 0.1) is 0 Å². The van der Waals surface area contributed by atoms with Crippen molar-refractivity contribution >= 4 is 5.97 Å². The maximum Gasteiger partial charge on any atom is 0.337 e. The Morgan fingerprint density at radius 1 is 1.24 bits per heavy atom. The highest BCUT2D eigenvalue weighted by Crippen LogP contribution is 2.23. The molecular weight excluding hydrogens is 222 g/mol. The summed E-state index contributed by atoms with van der Waals surface area (Å²) in [5, 5.41) is 7.42. The number of hydrogen-bond donors (Lipinski definition) is 0. The molecular formula is C11H11N3O3. The summed E-state index contributed by atoms with van der Waals surface area (Å²) in [7, 11) is 2.89. The van der Waals surface area contributed by atoms with Gasteiger partial charge in [0.25, 0.3) is 0 Å². The molecule has 0 bridgehead atoms. The molecule has 1 aromatic carbocycles. The van der Waals surface area contributed by atoms with Gasteiger partial charge < -0.3 is 9.47 Å². The number of ether oxygens (including phenoxy) is 2. The number of nitrogens with zero attached hydrogens (tertiary/aromatic N) is 3. The third-order valence-corrected chi connectivity index (χ3v) is 2.30. The second kappa shape index (κ2) is 4.65. The fourth-order valence-corrected chi connectivity index (χ4v) is 1.46. The molecule has 2 aromatic rings. The number of aromatic nitrogens is 3. The van der Waals surface area contributed by atoms with Crippen molar-refractivity contribution < 1.29 is 14.3 Å². The number of rotatable bonds is 3. The zero-order chi connectivity index (χ0) is 12.3. The average Bonchev–Trinajstić information content (AvgIpc) is 2.90. The van der Waals surface area contributed by atoms with Crippen LogP contribution in [-0.4, -0.2) is 35.0 Å². The molecule has 0 fully saturated rings. The maximum absolute atomic E-state index is 11.4. The second-order valence-corrected chi connectivity index (χ2v) is 3.25. The summed E-state index contributed by atoms with van der Waals surface area (Å²) in [5.41, 5.74) is 1.12. The molecule has 17 heavy (non-hydrogen) atoms. The molecule has 0 aliphatic carbocycles. The number of hydrogen-bond acceptors (Lipinski definition) is 5. The molecule has 6 heteroatoms. The van der Waals surface area contributed by atoms with Crippen molar-refractivity contribution in [1.82, 2.24) is 14.8 Å². The predicted octanol–water partition coefficient (Wildman–Crippen LogP) is 1.06. The van der Waals surface area contributed by atoms with Crippen molar-refractivity contribution in [3.05, 3.63) is 36.4 Å². The van der Waals surface area contributed by atoms with Crippen molar-refractivity contribution in [1.29, 1.82) is 0 Å². The highest BCUT2D eigenvalue weighted by molar-refractivity contribution is 5.90. The van der Waals surface area contributed by atoms with E-state index in [1.165, 1.54) is 19.8 Å². The molecule has 0 aliphatic rings. The van der Waals surface area contributed by atoms with E-state index in [1.54, 1.807) is 29.9 Å². The van der Waals surface area contributed by atoms with Gasteiger partial charge in [-0.05, 0) is 18.2 Å². The first-order chi connectivity index (χ1) is 8.26. The van der Waals surface area contributed by atoms with Gasteiger partial charge in [-0.15, -0.1) is 10.2 Å². The van der Waals surface area contributed by atoms with Crippen molar-refractivity contribution in [2.24, 2.45) is 0 Å². The van der Waals surface area contributed by atoms with Gasteiger partial charge in [-0.2, -0.15) is 0 Å². The Morgan fingerprint density at radius 3 is 2.53 bits per heavy atom. The molecule has 0 atom stereocenters. The Morgan fingerprint density at radius 2 is 1.94 bits per heavy atom. The Hall–Kier alpha value is -2.37. The molecule has 1 heterocycles. The topological polar surface area (TPSA) is 66.2 Å². The van der Waals surface area contributed by atoms with Crippen LogP contribution < -0.4 is 4.74 Å². The van der Waals surface area contributed by atoms with Gasteiger partial charge in [-0.1, -0.05) is 0 Å². The van der Waals surface area contributed by atoms with Crippen LogP contribution in [0.5, 0.6) is 5.75 Å². The fourth-order valence-electron chi connectivity index (χ4n) is 1.46. The Labute approximate surface area is 97.8 Å². The summed E-state index contributed by atoms with van der Waals surface area (Å²) < 4.78 is 11.5. The smallest absolute Gasteiger partial charge is 0.337 e. The maximum atomic E-state index is 11.4. The summed E-state index contributed by atoms with van der Waals surface area (Å²) in [6.45, 7) is 0. The van der Waals surface area contributed by atoms with E-state index in [-0.39, 0.29) is 0 Å². The summed E-state index contributed by atoms with van der Waals surface area (Å²) >= 11 is 0. The van der Waals surface area contributed by atoms with E-state index < -0.39 is 5.97 Å². The van der Waals surface area contributed by atoms with Gasteiger partial charge in [-0.3, -0.25) is 4.57 Å². The van der Waals surface area contributed by atoms with Crippen LogP contribution >= 0.6 is 0 Å². The number of esters is 1. The molecule has 6 nitrogen and oxygen atoms in total. The van der Waals surface area contributed by atoms with Gasteiger partial charge in [0.2, 0.25) is 0 Å². The molecule has 0 unspecified atom stereocenters. The van der Waals surface area contributed by atoms with Crippen molar-refractivity contribution in [2.45, 2.75) is 0 Å². The minimum atomic E-state index is -0.401. The highest BCUT2D eigenvalue weighted by atomic mass is 16.5. The van der Waals surface area contributed by atoms with Crippen LogP contribution in [0.2, 0.25) is 0 Å². The number of benzene rings is 1. The molecule has 0 spiro atoms. The lowest BCUT2D eigenvalue weighted by Crippen LogP contribution is -2.04. The SMILES string of the molecule is COC(=O)c1ccc(OC)c(-n2cnnc2)c1. The van der Waals surface area contributed by atoms with Crippen LogP contribution in [0.15, 0.2) is 30.9 Å². The minimum absolute atomic E-state index is 0.401. The van der Waals surface area contributed by atoms with Gasteiger partial charge in [-0.25, -0.2) is 4.79 Å².